The Labute approximate surface area is 166 Å². The van der Waals surface area contributed by atoms with Gasteiger partial charge in [-0.25, -0.2) is 4.98 Å². The van der Waals surface area contributed by atoms with Crippen molar-refractivity contribution in [3.8, 4) is 0 Å². The van der Waals surface area contributed by atoms with Crippen molar-refractivity contribution in [1.82, 2.24) is 15.6 Å². The van der Waals surface area contributed by atoms with Crippen molar-refractivity contribution in [2.45, 2.75) is 26.2 Å². The van der Waals surface area contributed by atoms with Gasteiger partial charge in [-0.1, -0.05) is 6.07 Å². The molecule has 0 saturated heterocycles. The van der Waals surface area contributed by atoms with Crippen LogP contribution in [0.15, 0.2) is 23.3 Å². The zero-order valence-electron chi connectivity index (χ0n) is 14.6. The number of amides is 1. The first-order valence-electron chi connectivity index (χ1n) is 7.81. The van der Waals surface area contributed by atoms with Crippen molar-refractivity contribution in [3.63, 3.8) is 0 Å². The normalized spacial score (nSPS) is 10.7. The van der Waals surface area contributed by atoms with Crippen LogP contribution in [0.1, 0.15) is 24.8 Å². The average Bonchev–Trinajstić information content (AvgIpc) is 2.55. The molecule has 0 unspecified atom stereocenters. The van der Waals surface area contributed by atoms with Gasteiger partial charge in [-0.15, -0.1) is 24.0 Å². The number of hydrogen-bond donors (Lipinski definition) is 3. The summed E-state index contributed by atoms with van der Waals surface area (Å²) in [4.78, 5) is 20.1. The van der Waals surface area contributed by atoms with Gasteiger partial charge in [-0.2, -0.15) is 11.8 Å². The number of anilines is 1. The molecule has 1 amide bonds. The molecule has 1 aromatic heterocycles. The minimum atomic E-state index is -0.0655. The van der Waals surface area contributed by atoms with E-state index in [1.165, 1.54) is 12.2 Å². The van der Waals surface area contributed by atoms with Gasteiger partial charge in [0.1, 0.15) is 5.82 Å². The van der Waals surface area contributed by atoms with E-state index >= 15 is 0 Å². The molecule has 1 heterocycles. The van der Waals surface area contributed by atoms with Gasteiger partial charge in [0.05, 0.1) is 0 Å². The van der Waals surface area contributed by atoms with Crippen LogP contribution < -0.4 is 16.0 Å². The van der Waals surface area contributed by atoms with Crippen LogP contribution in [0.5, 0.6) is 0 Å². The topological polar surface area (TPSA) is 78.4 Å². The first-order valence-corrected chi connectivity index (χ1v) is 9.21. The van der Waals surface area contributed by atoms with Crippen molar-refractivity contribution >= 4 is 53.4 Å². The van der Waals surface area contributed by atoms with Crippen LogP contribution in [0, 0.1) is 6.92 Å². The van der Waals surface area contributed by atoms with Crippen molar-refractivity contribution in [1.29, 1.82) is 0 Å². The van der Waals surface area contributed by atoms with Gasteiger partial charge in [0.2, 0.25) is 5.91 Å². The van der Waals surface area contributed by atoms with Crippen LogP contribution in [0.2, 0.25) is 0 Å². The Kier molecular flexibility index (Phi) is 13.7. The molecule has 0 spiro atoms. The van der Waals surface area contributed by atoms with E-state index in [1.807, 2.05) is 24.8 Å². The first kappa shape index (κ1) is 23.0. The lowest BCUT2D eigenvalue weighted by Gasteiger charge is -2.11. The molecular weight excluding hydrogens is 437 g/mol. The SMILES string of the molecule is CN=C(NCCCCSC)NCCC(=O)Nc1ccc(C)cn1.I. The summed E-state index contributed by atoms with van der Waals surface area (Å²) in [7, 11) is 1.73. The van der Waals surface area contributed by atoms with E-state index in [0.29, 0.717) is 18.8 Å². The number of pyridine rings is 1. The summed E-state index contributed by atoms with van der Waals surface area (Å²) in [5.74, 6) is 2.43. The van der Waals surface area contributed by atoms with Crippen LogP contribution in [0.4, 0.5) is 5.82 Å². The lowest BCUT2D eigenvalue weighted by Crippen LogP contribution is -2.39. The molecule has 0 atom stereocenters. The Bertz CT molecular complexity index is 496. The van der Waals surface area contributed by atoms with Crippen molar-refractivity contribution in [2.24, 2.45) is 4.99 Å². The van der Waals surface area contributed by atoms with E-state index < -0.39 is 0 Å². The number of nitrogens with one attached hydrogen (secondary N) is 3. The molecule has 1 rings (SSSR count). The monoisotopic (exact) mass is 465 g/mol. The van der Waals surface area contributed by atoms with Gasteiger partial charge in [-0.05, 0) is 43.4 Å². The maximum atomic E-state index is 11.8. The number of nitrogens with zero attached hydrogens (tertiary/aromatic N) is 2. The highest BCUT2D eigenvalue weighted by Gasteiger charge is 2.04. The number of aromatic nitrogens is 1. The highest BCUT2D eigenvalue weighted by molar-refractivity contribution is 14.0. The number of rotatable bonds is 9. The fourth-order valence-electron chi connectivity index (χ4n) is 1.84. The number of halogens is 1. The van der Waals surface area contributed by atoms with E-state index in [9.17, 15) is 4.79 Å². The third-order valence-corrected chi connectivity index (χ3v) is 3.81. The molecule has 6 nitrogen and oxygen atoms in total. The molecule has 0 aliphatic rings. The van der Waals surface area contributed by atoms with Crippen LogP contribution in [0.3, 0.4) is 0 Å². The first-order chi connectivity index (χ1) is 11.2. The number of guanidine groups is 1. The van der Waals surface area contributed by atoms with Gasteiger partial charge >= 0.3 is 0 Å². The number of carbonyl (C=O) groups excluding carboxylic acids is 1. The average molecular weight is 465 g/mol. The van der Waals surface area contributed by atoms with Crippen LogP contribution in [0.25, 0.3) is 0 Å². The second-order valence-corrected chi connectivity index (χ2v) is 6.13. The molecule has 0 aromatic carbocycles. The quantitative estimate of drug-likeness (QED) is 0.226. The van der Waals surface area contributed by atoms with E-state index in [2.05, 4.69) is 32.2 Å². The summed E-state index contributed by atoms with van der Waals surface area (Å²) in [6, 6.07) is 3.72. The van der Waals surface area contributed by atoms with Gasteiger partial charge < -0.3 is 16.0 Å². The molecule has 3 N–H and O–H groups in total. The summed E-state index contributed by atoms with van der Waals surface area (Å²) in [5, 5.41) is 9.16. The van der Waals surface area contributed by atoms with Crippen LogP contribution in [-0.4, -0.2) is 49.0 Å². The minimum absolute atomic E-state index is 0. The number of hydrogen-bond acceptors (Lipinski definition) is 4. The third-order valence-electron chi connectivity index (χ3n) is 3.11. The molecule has 0 fully saturated rings. The molecule has 136 valence electrons. The molecule has 0 bridgehead atoms. The maximum absolute atomic E-state index is 11.8. The Morgan fingerprint density at radius 1 is 1.25 bits per heavy atom. The van der Waals surface area contributed by atoms with E-state index in [1.54, 1.807) is 19.3 Å². The Balaban J connectivity index is 0.00000529. The smallest absolute Gasteiger partial charge is 0.227 e. The fraction of sp³-hybridized carbons (Fsp3) is 0.562. The van der Waals surface area contributed by atoms with Crippen LogP contribution >= 0.6 is 35.7 Å². The Morgan fingerprint density at radius 2 is 2.00 bits per heavy atom. The van der Waals surface area contributed by atoms with Crippen LogP contribution in [-0.2, 0) is 4.79 Å². The van der Waals surface area contributed by atoms with E-state index in [4.69, 9.17) is 0 Å². The molecular formula is C16H28IN5OS. The lowest BCUT2D eigenvalue weighted by molar-refractivity contribution is -0.116. The van der Waals surface area contributed by atoms with E-state index in [-0.39, 0.29) is 29.9 Å². The summed E-state index contributed by atoms with van der Waals surface area (Å²) in [6.07, 6.45) is 6.52. The Hall–Kier alpha value is -1.03. The van der Waals surface area contributed by atoms with Gasteiger partial charge in [0, 0.05) is 32.8 Å². The number of carbonyl (C=O) groups is 1. The standard InChI is InChI=1S/C16H27N5OS.HI/c1-13-6-7-14(20-12-13)21-15(22)8-10-19-16(17-2)18-9-4-5-11-23-3;/h6-7,12H,4-5,8-11H2,1-3H3,(H2,17,18,19)(H,20,21,22);1H. The highest BCUT2D eigenvalue weighted by Crippen LogP contribution is 2.03. The zero-order valence-corrected chi connectivity index (χ0v) is 17.7. The number of unbranched alkanes of at least 4 members (excludes halogenated alkanes) is 1. The number of thioether (sulfide) groups is 1. The summed E-state index contributed by atoms with van der Waals surface area (Å²) < 4.78 is 0. The van der Waals surface area contributed by atoms with E-state index in [0.717, 1.165) is 24.5 Å². The predicted octanol–water partition coefficient (Wildman–Crippen LogP) is 2.64. The minimum Gasteiger partial charge on any atom is -0.356 e. The summed E-state index contributed by atoms with van der Waals surface area (Å²) >= 11 is 1.86. The molecule has 24 heavy (non-hydrogen) atoms. The largest absolute Gasteiger partial charge is 0.356 e. The molecule has 0 aliphatic heterocycles. The maximum Gasteiger partial charge on any atom is 0.227 e. The molecule has 1 aromatic rings. The number of aliphatic imine (C=N–C) groups is 1. The molecule has 0 radical (unpaired) electrons. The molecule has 0 aliphatic carbocycles. The van der Waals surface area contributed by atoms with Gasteiger partial charge in [0.15, 0.2) is 5.96 Å². The van der Waals surface area contributed by atoms with Crippen molar-refractivity contribution in [3.05, 3.63) is 23.9 Å². The third kappa shape index (κ3) is 10.7. The zero-order chi connectivity index (χ0) is 16.9. The second kappa shape index (κ2) is 14.3. The number of aryl methyl sites for hydroxylation is 1. The molecule has 0 saturated carbocycles. The summed E-state index contributed by atoms with van der Waals surface area (Å²) in [5.41, 5.74) is 1.07. The van der Waals surface area contributed by atoms with Crippen molar-refractivity contribution < 1.29 is 4.79 Å². The Morgan fingerprint density at radius 3 is 2.62 bits per heavy atom. The van der Waals surface area contributed by atoms with Gasteiger partial charge in [0.25, 0.3) is 0 Å². The van der Waals surface area contributed by atoms with Crippen molar-refractivity contribution in [2.75, 3.05) is 37.5 Å². The van der Waals surface area contributed by atoms with Gasteiger partial charge in [-0.3, -0.25) is 9.79 Å². The summed E-state index contributed by atoms with van der Waals surface area (Å²) in [6.45, 7) is 3.38. The predicted molar refractivity (Wildman–Crippen MR) is 115 cm³/mol. The highest BCUT2D eigenvalue weighted by atomic mass is 127. The second-order valence-electron chi connectivity index (χ2n) is 5.14. The fourth-order valence-corrected chi connectivity index (χ4v) is 2.33. The lowest BCUT2D eigenvalue weighted by atomic mass is 10.3. The molecule has 8 heteroatoms.